The molecule has 1 rings (SSSR count). The van der Waals surface area contributed by atoms with Gasteiger partial charge in [-0.2, -0.15) is 0 Å². The highest BCUT2D eigenvalue weighted by Gasteiger charge is 2.17. The third-order valence-electron chi connectivity index (χ3n) is 2.55. The van der Waals surface area contributed by atoms with E-state index < -0.39 is 0 Å². The van der Waals surface area contributed by atoms with Crippen molar-refractivity contribution in [2.75, 3.05) is 39.8 Å². The largest absolute Gasteiger partial charge is 0.345 e. The van der Waals surface area contributed by atoms with Gasteiger partial charge in [0.25, 0.3) is 0 Å². The van der Waals surface area contributed by atoms with Gasteiger partial charge in [-0.05, 0) is 24.9 Å². The van der Waals surface area contributed by atoms with Crippen molar-refractivity contribution >= 4 is 5.91 Å². The van der Waals surface area contributed by atoms with Crippen molar-refractivity contribution in [3.8, 4) is 0 Å². The first-order chi connectivity index (χ1) is 7.24. The SMILES string of the molecule is CN1CCCN(CCCN=[N+]=[N-])CC1=O. The Morgan fingerprint density at radius 2 is 2.33 bits per heavy atom. The van der Waals surface area contributed by atoms with E-state index in [0.29, 0.717) is 13.1 Å². The Labute approximate surface area is 89.5 Å². The van der Waals surface area contributed by atoms with Gasteiger partial charge in [-0.1, -0.05) is 5.11 Å². The fourth-order valence-electron chi connectivity index (χ4n) is 1.65. The fraction of sp³-hybridized carbons (Fsp3) is 0.889. The average Bonchev–Trinajstić information content (AvgIpc) is 2.37. The van der Waals surface area contributed by atoms with E-state index in [1.165, 1.54) is 0 Å². The van der Waals surface area contributed by atoms with Crippen LogP contribution in [0.25, 0.3) is 10.4 Å². The molecule has 1 aliphatic heterocycles. The molecule has 1 saturated heterocycles. The van der Waals surface area contributed by atoms with Crippen LogP contribution in [0.2, 0.25) is 0 Å². The van der Waals surface area contributed by atoms with Crippen molar-refractivity contribution in [1.29, 1.82) is 0 Å². The maximum absolute atomic E-state index is 11.5. The number of likely N-dealkylation sites (N-methyl/N-ethyl adjacent to an activating group) is 1. The first-order valence-corrected chi connectivity index (χ1v) is 5.21. The maximum Gasteiger partial charge on any atom is 0.236 e. The van der Waals surface area contributed by atoms with Gasteiger partial charge in [0.15, 0.2) is 0 Å². The predicted octanol–water partition coefficient (Wildman–Crippen LogP) is 0.851. The van der Waals surface area contributed by atoms with Gasteiger partial charge in [0.05, 0.1) is 6.54 Å². The monoisotopic (exact) mass is 211 g/mol. The summed E-state index contributed by atoms with van der Waals surface area (Å²) in [6.45, 7) is 3.63. The number of carbonyl (C=O) groups is 1. The second-order valence-electron chi connectivity index (χ2n) is 3.75. The predicted molar refractivity (Wildman–Crippen MR) is 57.3 cm³/mol. The molecular formula is C9H17N5O. The molecule has 6 heteroatoms. The van der Waals surface area contributed by atoms with Crippen LogP contribution in [0.15, 0.2) is 5.11 Å². The van der Waals surface area contributed by atoms with Crippen LogP contribution in [0.3, 0.4) is 0 Å². The molecule has 1 amide bonds. The minimum absolute atomic E-state index is 0.177. The summed E-state index contributed by atoms with van der Waals surface area (Å²) < 4.78 is 0. The molecule has 0 saturated carbocycles. The van der Waals surface area contributed by atoms with Gasteiger partial charge in [-0.15, -0.1) is 0 Å². The standard InChI is InChI=1S/C9H17N5O/c1-13-5-3-7-14(8-9(13)15)6-2-4-11-12-10/h2-8H2,1H3. The van der Waals surface area contributed by atoms with Gasteiger partial charge in [-0.3, -0.25) is 9.69 Å². The van der Waals surface area contributed by atoms with Crippen molar-refractivity contribution in [3.05, 3.63) is 10.4 Å². The zero-order chi connectivity index (χ0) is 11.1. The molecule has 0 aromatic carbocycles. The van der Waals surface area contributed by atoms with Gasteiger partial charge in [0, 0.05) is 31.6 Å². The summed E-state index contributed by atoms with van der Waals surface area (Å²) in [6, 6.07) is 0. The van der Waals surface area contributed by atoms with Crippen molar-refractivity contribution in [2.45, 2.75) is 12.8 Å². The lowest BCUT2D eigenvalue weighted by molar-refractivity contribution is -0.129. The van der Waals surface area contributed by atoms with Crippen LogP contribution in [-0.4, -0.2) is 55.5 Å². The summed E-state index contributed by atoms with van der Waals surface area (Å²) in [5, 5.41) is 3.47. The first kappa shape index (κ1) is 11.8. The molecule has 0 atom stereocenters. The molecule has 0 N–H and O–H groups in total. The second kappa shape index (κ2) is 6.27. The minimum atomic E-state index is 0.177. The Hall–Kier alpha value is -1.26. The van der Waals surface area contributed by atoms with Gasteiger partial charge >= 0.3 is 0 Å². The molecule has 0 aromatic rings. The molecule has 15 heavy (non-hydrogen) atoms. The van der Waals surface area contributed by atoms with E-state index in [1.54, 1.807) is 4.90 Å². The zero-order valence-corrected chi connectivity index (χ0v) is 9.09. The summed E-state index contributed by atoms with van der Waals surface area (Å²) >= 11 is 0. The molecule has 0 aromatic heterocycles. The smallest absolute Gasteiger partial charge is 0.236 e. The van der Waals surface area contributed by atoms with E-state index in [4.69, 9.17) is 5.53 Å². The van der Waals surface area contributed by atoms with Crippen LogP contribution >= 0.6 is 0 Å². The van der Waals surface area contributed by atoms with Crippen LogP contribution in [-0.2, 0) is 4.79 Å². The lowest BCUT2D eigenvalue weighted by atomic mass is 10.3. The van der Waals surface area contributed by atoms with Crippen LogP contribution in [0.5, 0.6) is 0 Å². The van der Waals surface area contributed by atoms with Crippen LogP contribution in [0, 0.1) is 0 Å². The lowest BCUT2D eigenvalue weighted by Gasteiger charge is -2.18. The number of carbonyl (C=O) groups excluding carboxylic acids is 1. The third kappa shape index (κ3) is 4.18. The zero-order valence-electron chi connectivity index (χ0n) is 9.09. The van der Waals surface area contributed by atoms with Gasteiger partial charge in [0.1, 0.15) is 0 Å². The highest BCUT2D eigenvalue weighted by Crippen LogP contribution is 2.03. The van der Waals surface area contributed by atoms with Gasteiger partial charge in [0.2, 0.25) is 5.91 Å². The van der Waals surface area contributed by atoms with Crippen LogP contribution < -0.4 is 0 Å². The van der Waals surface area contributed by atoms with E-state index in [0.717, 1.165) is 32.5 Å². The lowest BCUT2D eigenvalue weighted by Crippen LogP contribution is -2.34. The number of azide groups is 1. The molecule has 84 valence electrons. The average molecular weight is 211 g/mol. The number of hydrogen-bond donors (Lipinski definition) is 0. The third-order valence-corrected chi connectivity index (χ3v) is 2.55. The number of rotatable bonds is 4. The first-order valence-electron chi connectivity index (χ1n) is 5.21. The number of hydrogen-bond acceptors (Lipinski definition) is 3. The van der Waals surface area contributed by atoms with E-state index in [-0.39, 0.29) is 5.91 Å². The minimum Gasteiger partial charge on any atom is -0.345 e. The van der Waals surface area contributed by atoms with Crippen molar-refractivity contribution in [3.63, 3.8) is 0 Å². The molecular weight excluding hydrogens is 194 g/mol. The maximum atomic E-state index is 11.5. The highest BCUT2D eigenvalue weighted by atomic mass is 16.2. The fourth-order valence-corrected chi connectivity index (χ4v) is 1.65. The quantitative estimate of drug-likeness (QED) is 0.299. The molecule has 0 spiro atoms. The topological polar surface area (TPSA) is 72.3 Å². The van der Waals surface area contributed by atoms with Gasteiger partial charge in [-0.25, -0.2) is 0 Å². The molecule has 1 aliphatic rings. The second-order valence-corrected chi connectivity index (χ2v) is 3.75. The Kier molecular flexibility index (Phi) is 4.93. The summed E-state index contributed by atoms with van der Waals surface area (Å²) in [7, 11) is 1.84. The van der Waals surface area contributed by atoms with Crippen molar-refractivity contribution in [1.82, 2.24) is 9.80 Å². The molecule has 0 radical (unpaired) electrons. The van der Waals surface area contributed by atoms with Crippen molar-refractivity contribution < 1.29 is 4.79 Å². The number of nitrogens with zero attached hydrogens (tertiary/aromatic N) is 5. The van der Waals surface area contributed by atoms with Crippen LogP contribution in [0.1, 0.15) is 12.8 Å². The highest BCUT2D eigenvalue weighted by molar-refractivity contribution is 5.78. The molecule has 0 aliphatic carbocycles. The Balaban J connectivity index is 2.29. The van der Waals surface area contributed by atoms with Crippen molar-refractivity contribution in [2.24, 2.45) is 5.11 Å². The van der Waals surface area contributed by atoms with Gasteiger partial charge < -0.3 is 4.90 Å². The Morgan fingerprint density at radius 1 is 1.53 bits per heavy atom. The summed E-state index contributed by atoms with van der Waals surface area (Å²) in [5.41, 5.74) is 8.11. The molecule has 6 nitrogen and oxygen atoms in total. The molecule has 1 heterocycles. The van der Waals surface area contributed by atoms with E-state index >= 15 is 0 Å². The Morgan fingerprint density at radius 3 is 3.07 bits per heavy atom. The normalized spacial score (nSPS) is 18.5. The molecule has 0 bridgehead atoms. The molecule has 1 fully saturated rings. The van der Waals surface area contributed by atoms with Crippen LogP contribution in [0.4, 0.5) is 0 Å². The summed E-state index contributed by atoms with van der Waals surface area (Å²) in [4.78, 5) is 18.1. The molecule has 0 unspecified atom stereocenters. The summed E-state index contributed by atoms with van der Waals surface area (Å²) in [6.07, 6.45) is 1.84. The van der Waals surface area contributed by atoms with E-state index in [1.807, 2.05) is 7.05 Å². The summed E-state index contributed by atoms with van der Waals surface area (Å²) in [5.74, 6) is 0.177. The Bertz CT molecular complexity index is 261. The van der Waals surface area contributed by atoms with E-state index in [9.17, 15) is 4.79 Å². The number of amides is 1. The van der Waals surface area contributed by atoms with E-state index in [2.05, 4.69) is 14.9 Å².